The molecule has 0 spiro atoms. The number of urea groups is 1. The van der Waals surface area contributed by atoms with Gasteiger partial charge >= 0.3 is 12.0 Å². The molecule has 1 heterocycles. The number of aromatic nitrogens is 1. The number of thiazole rings is 1. The molecule has 1 rings (SSSR count). The molecule has 0 saturated carbocycles. The molecule has 0 radical (unpaired) electrons. The Hall–Kier alpha value is -1.63. The number of aromatic carboxylic acids is 1. The van der Waals surface area contributed by atoms with Gasteiger partial charge in [-0.1, -0.05) is 6.92 Å². The van der Waals surface area contributed by atoms with Crippen LogP contribution in [0.3, 0.4) is 0 Å². The van der Waals surface area contributed by atoms with Crippen molar-refractivity contribution in [1.82, 2.24) is 15.6 Å². The lowest BCUT2D eigenvalue weighted by molar-refractivity contribution is 0.0701. The number of carboxylic acid groups (broad SMARTS) is 1. The zero-order valence-corrected chi connectivity index (χ0v) is 10.6. The van der Waals surface area contributed by atoms with E-state index in [1.54, 1.807) is 6.92 Å². The molecule has 6 nitrogen and oxygen atoms in total. The third-order valence-electron chi connectivity index (χ3n) is 1.97. The number of nitrogens with one attached hydrogen (secondary N) is 2. The summed E-state index contributed by atoms with van der Waals surface area (Å²) in [4.78, 5) is 26.3. The first-order chi connectivity index (χ1) is 8.04. The summed E-state index contributed by atoms with van der Waals surface area (Å²) in [6.45, 7) is 4.46. The number of carboxylic acids is 1. The molecule has 0 fully saturated rings. The molecule has 0 saturated heterocycles. The molecule has 94 valence electrons. The van der Waals surface area contributed by atoms with Crippen LogP contribution in [-0.2, 0) is 6.54 Å². The van der Waals surface area contributed by atoms with Crippen LogP contribution < -0.4 is 10.6 Å². The standard InChI is InChI=1S/C10H15N3O3S/c1-3-4-11-10(16)12-5-7-13-6(2)8(17-7)9(14)15/h3-5H2,1-2H3,(H,14,15)(H2,11,12,16). The number of carbonyl (C=O) groups is 2. The second kappa shape index (κ2) is 6.19. The van der Waals surface area contributed by atoms with Gasteiger partial charge in [0.25, 0.3) is 0 Å². The average molecular weight is 257 g/mol. The second-order valence-corrected chi connectivity index (χ2v) is 4.52. The van der Waals surface area contributed by atoms with Crippen molar-refractivity contribution in [2.24, 2.45) is 0 Å². The van der Waals surface area contributed by atoms with Crippen molar-refractivity contribution in [1.29, 1.82) is 0 Å². The van der Waals surface area contributed by atoms with Crippen LogP contribution in [0.2, 0.25) is 0 Å². The van der Waals surface area contributed by atoms with Gasteiger partial charge in [0.15, 0.2) is 0 Å². The predicted molar refractivity (Wildman–Crippen MR) is 64.3 cm³/mol. The fraction of sp³-hybridized carbons (Fsp3) is 0.500. The van der Waals surface area contributed by atoms with Gasteiger partial charge < -0.3 is 15.7 Å². The van der Waals surface area contributed by atoms with Crippen LogP contribution >= 0.6 is 11.3 Å². The van der Waals surface area contributed by atoms with E-state index in [0.717, 1.165) is 17.8 Å². The largest absolute Gasteiger partial charge is 0.477 e. The minimum absolute atomic E-state index is 0.218. The van der Waals surface area contributed by atoms with Crippen molar-refractivity contribution in [3.05, 3.63) is 15.6 Å². The Morgan fingerprint density at radius 3 is 2.65 bits per heavy atom. The molecule has 3 N–H and O–H groups in total. The van der Waals surface area contributed by atoms with Gasteiger partial charge in [0.05, 0.1) is 12.2 Å². The molecule has 0 bridgehead atoms. The minimum atomic E-state index is -0.985. The maximum atomic E-state index is 11.2. The first-order valence-corrected chi connectivity index (χ1v) is 6.07. The molecular formula is C10H15N3O3S. The zero-order valence-electron chi connectivity index (χ0n) is 9.74. The van der Waals surface area contributed by atoms with E-state index in [2.05, 4.69) is 15.6 Å². The Kier molecular flexibility index (Phi) is 4.89. The molecule has 0 aliphatic heterocycles. The molecule has 0 aromatic carbocycles. The Morgan fingerprint density at radius 2 is 2.12 bits per heavy atom. The van der Waals surface area contributed by atoms with Crippen molar-refractivity contribution in [2.45, 2.75) is 26.8 Å². The maximum Gasteiger partial charge on any atom is 0.347 e. The number of amides is 2. The first kappa shape index (κ1) is 13.4. The van der Waals surface area contributed by atoms with E-state index in [1.165, 1.54) is 0 Å². The van der Waals surface area contributed by atoms with Gasteiger partial charge in [-0.15, -0.1) is 11.3 Å². The Bertz CT molecular complexity index is 417. The van der Waals surface area contributed by atoms with Crippen molar-refractivity contribution in [3.63, 3.8) is 0 Å². The number of aryl methyl sites for hydroxylation is 1. The molecule has 0 aliphatic rings. The molecule has 0 unspecified atom stereocenters. The third-order valence-corrected chi connectivity index (χ3v) is 3.12. The van der Waals surface area contributed by atoms with E-state index in [-0.39, 0.29) is 17.5 Å². The van der Waals surface area contributed by atoms with Crippen LogP contribution in [0.4, 0.5) is 4.79 Å². The SMILES string of the molecule is CCCNC(=O)NCc1nc(C)c(C(=O)O)s1. The second-order valence-electron chi connectivity index (χ2n) is 3.44. The lowest BCUT2D eigenvalue weighted by atomic mass is 10.4. The number of hydrogen-bond acceptors (Lipinski definition) is 4. The predicted octanol–water partition coefficient (Wildman–Crippen LogP) is 1.36. The summed E-state index contributed by atoms with van der Waals surface area (Å²) in [6, 6.07) is -0.267. The summed E-state index contributed by atoms with van der Waals surface area (Å²) in [6.07, 6.45) is 0.868. The number of nitrogens with zero attached hydrogens (tertiary/aromatic N) is 1. The van der Waals surface area contributed by atoms with Gasteiger partial charge in [-0.3, -0.25) is 0 Å². The van der Waals surface area contributed by atoms with Gasteiger partial charge in [-0.25, -0.2) is 14.6 Å². The lowest BCUT2D eigenvalue weighted by Gasteiger charge is -2.03. The quantitative estimate of drug-likeness (QED) is 0.742. The summed E-state index contributed by atoms with van der Waals surface area (Å²) in [5, 5.41) is 14.7. The van der Waals surface area contributed by atoms with E-state index in [4.69, 9.17) is 5.11 Å². The van der Waals surface area contributed by atoms with Gasteiger partial charge in [0, 0.05) is 6.54 Å². The number of rotatable bonds is 5. The van der Waals surface area contributed by atoms with Crippen molar-refractivity contribution >= 4 is 23.3 Å². The van der Waals surface area contributed by atoms with Crippen LogP contribution in [0.5, 0.6) is 0 Å². The van der Waals surface area contributed by atoms with Gasteiger partial charge in [-0.05, 0) is 13.3 Å². The van der Waals surface area contributed by atoms with Gasteiger partial charge in [-0.2, -0.15) is 0 Å². The number of hydrogen-bond donors (Lipinski definition) is 3. The van der Waals surface area contributed by atoms with Crippen LogP contribution in [0, 0.1) is 6.92 Å². The summed E-state index contributed by atoms with van der Waals surface area (Å²) < 4.78 is 0. The van der Waals surface area contributed by atoms with Crippen molar-refractivity contribution in [2.75, 3.05) is 6.54 Å². The van der Waals surface area contributed by atoms with E-state index < -0.39 is 5.97 Å². The zero-order chi connectivity index (χ0) is 12.8. The first-order valence-electron chi connectivity index (χ1n) is 5.26. The summed E-state index contributed by atoms with van der Waals surface area (Å²) in [7, 11) is 0. The minimum Gasteiger partial charge on any atom is -0.477 e. The molecule has 1 aromatic rings. The molecule has 2 amide bonds. The van der Waals surface area contributed by atoms with Gasteiger partial charge in [0.2, 0.25) is 0 Å². The van der Waals surface area contributed by atoms with E-state index >= 15 is 0 Å². The molecule has 1 aromatic heterocycles. The highest BCUT2D eigenvalue weighted by molar-refractivity contribution is 7.13. The van der Waals surface area contributed by atoms with E-state index in [1.807, 2.05) is 6.92 Å². The Morgan fingerprint density at radius 1 is 1.41 bits per heavy atom. The van der Waals surface area contributed by atoms with Crippen LogP contribution in [0.25, 0.3) is 0 Å². The molecule has 17 heavy (non-hydrogen) atoms. The molecule has 0 atom stereocenters. The number of carbonyl (C=O) groups excluding carboxylic acids is 1. The van der Waals surface area contributed by atoms with Crippen LogP contribution in [0.15, 0.2) is 0 Å². The normalized spacial score (nSPS) is 10.0. The smallest absolute Gasteiger partial charge is 0.347 e. The highest BCUT2D eigenvalue weighted by Crippen LogP contribution is 2.17. The van der Waals surface area contributed by atoms with E-state index in [0.29, 0.717) is 17.2 Å². The maximum absolute atomic E-state index is 11.2. The topological polar surface area (TPSA) is 91.3 Å². The highest BCUT2D eigenvalue weighted by Gasteiger charge is 2.13. The fourth-order valence-electron chi connectivity index (χ4n) is 1.18. The van der Waals surface area contributed by atoms with E-state index in [9.17, 15) is 9.59 Å². The van der Waals surface area contributed by atoms with Crippen LogP contribution in [0.1, 0.15) is 33.7 Å². The highest BCUT2D eigenvalue weighted by atomic mass is 32.1. The lowest BCUT2D eigenvalue weighted by Crippen LogP contribution is -2.35. The monoisotopic (exact) mass is 257 g/mol. The van der Waals surface area contributed by atoms with Crippen molar-refractivity contribution < 1.29 is 14.7 Å². The third kappa shape index (κ3) is 4.03. The Balaban J connectivity index is 2.50. The summed E-state index contributed by atoms with van der Waals surface area (Å²) in [5.74, 6) is -0.985. The fourth-order valence-corrected chi connectivity index (χ4v) is 2.03. The van der Waals surface area contributed by atoms with Crippen LogP contribution in [-0.4, -0.2) is 28.6 Å². The molecule has 7 heteroatoms. The average Bonchev–Trinajstić information content (AvgIpc) is 2.65. The van der Waals surface area contributed by atoms with Crippen molar-refractivity contribution in [3.8, 4) is 0 Å². The summed E-state index contributed by atoms with van der Waals surface area (Å²) >= 11 is 1.08. The Labute approximate surface area is 103 Å². The van der Waals surface area contributed by atoms with Gasteiger partial charge in [0.1, 0.15) is 9.88 Å². The summed E-state index contributed by atoms with van der Waals surface area (Å²) in [5.41, 5.74) is 0.480. The molecular weight excluding hydrogens is 242 g/mol. The molecule has 0 aliphatic carbocycles.